The Kier molecular flexibility index (Phi) is 6.62. The smallest absolute Gasteiger partial charge is 0.420 e. The second kappa shape index (κ2) is 6.43. The van der Waals surface area contributed by atoms with Crippen molar-refractivity contribution in [3.05, 3.63) is 12.3 Å². The second-order valence-corrected chi connectivity index (χ2v) is 17.3. The molecule has 0 N–H and O–H groups in total. The van der Waals surface area contributed by atoms with Gasteiger partial charge >= 0.3 is 8.80 Å². The van der Waals surface area contributed by atoms with Gasteiger partial charge in [0.05, 0.1) is 0 Å². The third kappa shape index (κ3) is 6.94. The van der Waals surface area contributed by atoms with Crippen molar-refractivity contribution in [2.45, 2.75) is 45.8 Å². The van der Waals surface area contributed by atoms with Crippen LogP contribution < -0.4 is 0 Å². The van der Waals surface area contributed by atoms with Gasteiger partial charge in [0.15, 0.2) is 18.1 Å². The molecule has 0 bridgehead atoms. The van der Waals surface area contributed by atoms with Gasteiger partial charge in [0.2, 0.25) is 8.32 Å². The molecule has 0 rings (SSSR count). The van der Waals surface area contributed by atoms with Crippen molar-refractivity contribution in [3.8, 4) is 0 Å². The Hall–Kier alpha value is 0.488. The van der Waals surface area contributed by atoms with E-state index in [0.29, 0.717) is 0 Å². The highest BCUT2D eigenvalue weighted by Crippen LogP contribution is 2.19. The molecule has 0 aliphatic rings. The quantitative estimate of drug-likeness (QED) is 0.675. The molecule has 0 spiro atoms. The number of hydrogen-bond donors (Lipinski definition) is 0. The van der Waals surface area contributed by atoms with Crippen LogP contribution in [0.25, 0.3) is 0 Å². The zero-order valence-electron chi connectivity index (χ0n) is 11.7. The zero-order valence-corrected chi connectivity index (χ0v) is 16.0. The molecule has 0 heterocycles. The highest BCUT2D eigenvalue weighted by molar-refractivity contribution is 6.87. The Morgan fingerprint density at radius 2 is 1.31 bits per heavy atom. The van der Waals surface area contributed by atoms with Crippen LogP contribution in [0.5, 0.6) is 0 Å². The first kappa shape index (κ1) is 16.5. The van der Waals surface area contributed by atoms with Crippen LogP contribution in [0.1, 0.15) is 0 Å². The standard InChI is InChI=1S/C9H26O3Si4/c1-9-15(6,7)12-16(8,10-13(2)3)11-14(4)5/h9,13-14H,1H2,2-8H3. The van der Waals surface area contributed by atoms with Crippen molar-refractivity contribution in [2.24, 2.45) is 0 Å². The van der Waals surface area contributed by atoms with Crippen molar-refractivity contribution < 1.29 is 12.3 Å². The van der Waals surface area contributed by atoms with E-state index in [1.165, 1.54) is 0 Å². The van der Waals surface area contributed by atoms with E-state index in [1.54, 1.807) is 0 Å². The summed E-state index contributed by atoms with van der Waals surface area (Å²) in [5.74, 6) is 0. The summed E-state index contributed by atoms with van der Waals surface area (Å²) in [6, 6.07) is 0. The zero-order chi connectivity index (χ0) is 13.0. The molecular formula is C9H26O3Si4. The summed E-state index contributed by atoms with van der Waals surface area (Å²) < 4.78 is 18.3. The van der Waals surface area contributed by atoms with E-state index in [9.17, 15) is 0 Å². The summed E-state index contributed by atoms with van der Waals surface area (Å²) in [5, 5.41) is 0. The molecule has 0 aliphatic carbocycles. The highest BCUT2D eigenvalue weighted by Gasteiger charge is 2.41. The Balaban J connectivity index is 4.71. The molecular weight excluding hydrogens is 268 g/mol. The van der Waals surface area contributed by atoms with Crippen molar-refractivity contribution in [2.75, 3.05) is 0 Å². The molecule has 96 valence electrons. The van der Waals surface area contributed by atoms with Gasteiger partial charge in [0, 0.05) is 6.55 Å². The molecule has 0 aromatic heterocycles. The average Bonchev–Trinajstić information content (AvgIpc) is 1.98. The highest BCUT2D eigenvalue weighted by atomic mass is 28.5. The van der Waals surface area contributed by atoms with Crippen LogP contribution >= 0.6 is 0 Å². The maximum absolute atomic E-state index is 6.18. The SMILES string of the molecule is C=C[Si](C)(C)O[Si](C)(O[SiH](C)C)O[SiH](C)C. The van der Waals surface area contributed by atoms with E-state index in [-0.39, 0.29) is 0 Å². The van der Waals surface area contributed by atoms with Crippen LogP contribution in [0.3, 0.4) is 0 Å². The third-order valence-corrected chi connectivity index (χ3v) is 13.6. The Morgan fingerprint density at radius 3 is 1.56 bits per heavy atom. The lowest BCUT2D eigenvalue weighted by atomic mass is 11.3. The topological polar surface area (TPSA) is 27.7 Å². The van der Waals surface area contributed by atoms with Gasteiger partial charge in [-0.3, -0.25) is 0 Å². The fraction of sp³-hybridized carbons (Fsp3) is 0.778. The van der Waals surface area contributed by atoms with Gasteiger partial charge in [-0.1, -0.05) is 5.70 Å². The van der Waals surface area contributed by atoms with E-state index in [2.05, 4.69) is 45.9 Å². The summed E-state index contributed by atoms with van der Waals surface area (Å²) in [4.78, 5) is 0. The third-order valence-electron chi connectivity index (χ3n) is 1.84. The monoisotopic (exact) mass is 294 g/mol. The van der Waals surface area contributed by atoms with Crippen LogP contribution in [0.15, 0.2) is 12.3 Å². The lowest BCUT2D eigenvalue weighted by Crippen LogP contribution is -2.54. The molecule has 0 amide bonds. The van der Waals surface area contributed by atoms with Crippen molar-refractivity contribution in [1.29, 1.82) is 0 Å². The average molecular weight is 295 g/mol. The minimum Gasteiger partial charge on any atom is -0.420 e. The molecule has 0 aliphatic heterocycles. The molecule has 0 saturated carbocycles. The predicted octanol–water partition coefficient (Wildman–Crippen LogP) is 2.50. The fourth-order valence-corrected chi connectivity index (χ4v) is 14.4. The van der Waals surface area contributed by atoms with E-state index < -0.39 is 35.2 Å². The summed E-state index contributed by atoms with van der Waals surface area (Å²) in [5.41, 5.74) is 1.94. The van der Waals surface area contributed by atoms with Gasteiger partial charge in [-0.15, -0.1) is 6.58 Å². The Morgan fingerprint density at radius 1 is 0.938 bits per heavy atom. The lowest BCUT2D eigenvalue weighted by molar-refractivity contribution is 0.275. The molecule has 0 atom stereocenters. The van der Waals surface area contributed by atoms with E-state index >= 15 is 0 Å². The maximum Gasteiger partial charge on any atom is 0.466 e. The van der Waals surface area contributed by atoms with Gasteiger partial charge in [-0.2, -0.15) is 0 Å². The van der Waals surface area contributed by atoms with Gasteiger partial charge in [0.1, 0.15) is 0 Å². The molecule has 0 unspecified atom stereocenters. The van der Waals surface area contributed by atoms with E-state index in [0.717, 1.165) is 0 Å². The minimum atomic E-state index is -2.42. The largest absolute Gasteiger partial charge is 0.466 e. The minimum absolute atomic E-state index is 1.13. The first-order valence-electron chi connectivity index (χ1n) is 5.79. The molecule has 0 fully saturated rings. The van der Waals surface area contributed by atoms with E-state index in [1.807, 2.05) is 12.2 Å². The maximum atomic E-state index is 6.18. The molecule has 0 aromatic rings. The van der Waals surface area contributed by atoms with Crippen LogP contribution in [0, 0.1) is 0 Å². The summed E-state index contributed by atoms with van der Waals surface area (Å²) in [6.45, 7) is 18.8. The molecule has 7 heteroatoms. The van der Waals surface area contributed by atoms with Crippen LogP contribution in [0.4, 0.5) is 0 Å². The lowest BCUT2D eigenvalue weighted by Gasteiger charge is -2.35. The molecule has 16 heavy (non-hydrogen) atoms. The summed E-state index contributed by atoms with van der Waals surface area (Å²) in [6.07, 6.45) is 0. The van der Waals surface area contributed by atoms with Gasteiger partial charge < -0.3 is 12.3 Å². The van der Waals surface area contributed by atoms with Crippen LogP contribution in [0.2, 0.25) is 45.8 Å². The first-order chi connectivity index (χ1) is 7.10. The summed E-state index contributed by atoms with van der Waals surface area (Å²) >= 11 is 0. The number of hydrogen-bond acceptors (Lipinski definition) is 3. The van der Waals surface area contributed by atoms with Gasteiger partial charge in [-0.05, 0) is 39.3 Å². The molecule has 0 radical (unpaired) electrons. The van der Waals surface area contributed by atoms with Crippen molar-refractivity contribution in [3.63, 3.8) is 0 Å². The van der Waals surface area contributed by atoms with Crippen molar-refractivity contribution >= 4 is 35.2 Å². The normalized spacial score (nSPS) is 13.6. The van der Waals surface area contributed by atoms with Crippen LogP contribution in [-0.4, -0.2) is 35.2 Å². The van der Waals surface area contributed by atoms with Gasteiger partial charge in [-0.25, -0.2) is 0 Å². The molecule has 0 saturated heterocycles. The summed E-state index contributed by atoms with van der Waals surface area (Å²) in [7, 11) is -6.51. The molecule has 0 aromatic carbocycles. The molecule has 3 nitrogen and oxygen atoms in total. The second-order valence-electron chi connectivity index (χ2n) is 5.11. The van der Waals surface area contributed by atoms with Crippen LogP contribution in [-0.2, 0) is 12.3 Å². The Bertz CT molecular complexity index is 221. The van der Waals surface area contributed by atoms with Gasteiger partial charge in [0.25, 0.3) is 0 Å². The Labute approximate surface area is 106 Å². The first-order valence-corrected chi connectivity index (χ1v) is 16.6. The fourth-order valence-electron chi connectivity index (χ4n) is 1.45. The van der Waals surface area contributed by atoms with Crippen molar-refractivity contribution in [1.82, 2.24) is 0 Å². The predicted molar refractivity (Wildman–Crippen MR) is 80.3 cm³/mol. The number of rotatable bonds is 7. The van der Waals surface area contributed by atoms with E-state index in [4.69, 9.17) is 12.3 Å².